The quantitative estimate of drug-likeness (QED) is 0.842. The molecule has 0 amide bonds. The fourth-order valence-electron chi connectivity index (χ4n) is 3.60. The van der Waals surface area contributed by atoms with Crippen molar-refractivity contribution in [1.82, 2.24) is 9.80 Å². The number of piperazine rings is 1. The first kappa shape index (κ1) is 14.3. The van der Waals surface area contributed by atoms with Crippen molar-refractivity contribution in [1.29, 1.82) is 0 Å². The molecule has 110 valence electrons. The van der Waals surface area contributed by atoms with Gasteiger partial charge in [0.1, 0.15) is 5.82 Å². The molecule has 0 aromatic heterocycles. The molecule has 0 radical (unpaired) electrons. The van der Waals surface area contributed by atoms with Crippen LogP contribution in [0.25, 0.3) is 0 Å². The molecule has 2 heterocycles. The largest absolute Gasteiger partial charge is 0.298 e. The third-order valence-electron chi connectivity index (χ3n) is 4.75. The fraction of sp³-hybridized carbons (Fsp3) is 0.625. The summed E-state index contributed by atoms with van der Waals surface area (Å²) < 4.78 is 13.2. The molecule has 2 saturated heterocycles. The van der Waals surface area contributed by atoms with E-state index >= 15 is 0 Å². The fourth-order valence-corrected chi connectivity index (χ4v) is 3.80. The highest BCUT2D eigenvalue weighted by molar-refractivity contribution is 6.30. The molecule has 1 aromatic carbocycles. The Balaban J connectivity index is 1.72. The van der Waals surface area contributed by atoms with Crippen molar-refractivity contribution in [3.05, 3.63) is 34.6 Å². The molecular weight excluding hydrogens is 275 g/mol. The molecule has 2 fully saturated rings. The zero-order valence-electron chi connectivity index (χ0n) is 12.0. The average Bonchev–Trinajstić information content (AvgIpc) is 2.89. The average molecular weight is 297 g/mol. The molecule has 0 bridgehead atoms. The van der Waals surface area contributed by atoms with Gasteiger partial charge in [0.25, 0.3) is 0 Å². The Morgan fingerprint density at radius 3 is 2.95 bits per heavy atom. The van der Waals surface area contributed by atoms with Crippen LogP contribution in [0.3, 0.4) is 0 Å². The van der Waals surface area contributed by atoms with E-state index < -0.39 is 0 Å². The molecule has 4 heteroatoms. The minimum absolute atomic E-state index is 0.232. The molecule has 0 aliphatic carbocycles. The van der Waals surface area contributed by atoms with Crippen LogP contribution in [0.1, 0.15) is 31.7 Å². The molecule has 0 saturated carbocycles. The van der Waals surface area contributed by atoms with E-state index in [1.165, 1.54) is 32.0 Å². The maximum atomic E-state index is 13.2. The van der Waals surface area contributed by atoms with Crippen LogP contribution in [-0.2, 0) is 6.54 Å². The Labute approximate surface area is 125 Å². The van der Waals surface area contributed by atoms with Gasteiger partial charge < -0.3 is 0 Å². The van der Waals surface area contributed by atoms with E-state index in [4.69, 9.17) is 11.6 Å². The van der Waals surface area contributed by atoms with Crippen LogP contribution in [0.5, 0.6) is 0 Å². The summed E-state index contributed by atoms with van der Waals surface area (Å²) in [4.78, 5) is 5.19. The van der Waals surface area contributed by atoms with Crippen molar-refractivity contribution in [2.45, 2.75) is 44.8 Å². The van der Waals surface area contributed by atoms with E-state index in [1.54, 1.807) is 6.07 Å². The van der Waals surface area contributed by atoms with Gasteiger partial charge in [-0.2, -0.15) is 0 Å². The first-order valence-electron chi connectivity index (χ1n) is 7.59. The summed E-state index contributed by atoms with van der Waals surface area (Å²) >= 11 is 5.89. The predicted octanol–water partition coefficient (Wildman–Crippen LogP) is 3.54. The van der Waals surface area contributed by atoms with Gasteiger partial charge in [0.05, 0.1) is 5.02 Å². The van der Waals surface area contributed by atoms with Crippen molar-refractivity contribution in [3.8, 4) is 0 Å². The van der Waals surface area contributed by atoms with E-state index in [1.807, 2.05) is 6.07 Å². The molecule has 2 aliphatic rings. The number of nitrogens with zero attached hydrogens (tertiary/aromatic N) is 2. The normalized spacial score (nSPS) is 27.8. The maximum Gasteiger partial charge on any atom is 0.141 e. The highest BCUT2D eigenvalue weighted by Crippen LogP contribution is 2.27. The van der Waals surface area contributed by atoms with Gasteiger partial charge in [-0.05, 0) is 43.5 Å². The minimum atomic E-state index is -0.330. The second kappa shape index (κ2) is 6.00. The van der Waals surface area contributed by atoms with Crippen LogP contribution in [-0.4, -0.2) is 41.5 Å². The van der Waals surface area contributed by atoms with Crippen molar-refractivity contribution in [3.63, 3.8) is 0 Å². The van der Waals surface area contributed by atoms with E-state index in [9.17, 15) is 4.39 Å². The molecule has 2 unspecified atom stereocenters. The highest BCUT2D eigenvalue weighted by atomic mass is 35.5. The zero-order valence-corrected chi connectivity index (χ0v) is 12.7. The second-order valence-corrected chi connectivity index (χ2v) is 6.44. The molecule has 2 nitrogen and oxygen atoms in total. The summed E-state index contributed by atoms with van der Waals surface area (Å²) in [5.74, 6) is -0.330. The third-order valence-corrected chi connectivity index (χ3v) is 5.04. The van der Waals surface area contributed by atoms with Crippen LogP contribution in [0.15, 0.2) is 18.2 Å². The topological polar surface area (TPSA) is 6.48 Å². The van der Waals surface area contributed by atoms with E-state index in [2.05, 4.69) is 16.7 Å². The zero-order chi connectivity index (χ0) is 14.1. The summed E-state index contributed by atoms with van der Waals surface area (Å²) in [7, 11) is 0. The first-order chi connectivity index (χ1) is 9.67. The molecule has 2 aliphatic heterocycles. The number of rotatable bonds is 3. The molecule has 20 heavy (non-hydrogen) atoms. The number of hydrogen-bond acceptors (Lipinski definition) is 2. The maximum absolute atomic E-state index is 13.2. The lowest BCUT2D eigenvalue weighted by molar-refractivity contribution is 0.0437. The third kappa shape index (κ3) is 2.85. The van der Waals surface area contributed by atoms with Crippen LogP contribution >= 0.6 is 11.6 Å². The Bertz CT molecular complexity index is 480. The standard InChI is InChI=1S/C16H22ClFN2/c1-2-13-10-19-7-3-4-14(19)11-20(13)9-12-5-6-16(18)15(17)8-12/h5-6,8,13-14H,2-4,7,9-11H2,1H3. The lowest BCUT2D eigenvalue weighted by Crippen LogP contribution is -2.55. The summed E-state index contributed by atoms with van der Waals surface area (Å²) in [6, 6.07) is 6.42. The lowest BCUT2D eigenvalue weighted by Gasteiger charge is -2.43. The van der Waals surface area contributed by atoms with Gasteiger partial charge in [0.15, 0.2) is 0 Å². The summed E-state index contributed by atoms with van der Waals surface area (Å²) in [5, 5.41) is 0.232. The van der Waals surface area contributed by atoms with Crippen LogP contribution < -0.4 is 0 Å². The van der Waals surface area contributed by atoms with Crippen LogP contribution in [0.2, 0.25) is 5.02 Å². The molecular formula is C16H22ClFN2. The Morgan fingerprint density at radius 2 is 2.20 bits per heavy atom. The van der Waals surface area contributed by atoms with Crippen molar-refractivity contribution in [2.75, 3.05) is 19.6 Å². The lowest BCUT2D eigenvalue weighted by atomic mass is 10.0. The van der Waals surface area contributed by atoms with Crippen molar-refractivity contribution in [2.24, 2.45) is 0 Å². The Hall–Kier alpha value is -0.640. The van der Waals surface area contributed by atoms with Gasteiger partial charge in [-0.1, -0.05) is 24.6 Å². The van der Waals surface area contributed by atoms with E-state index in [-0.39, 0.29) is 10.8 Å². The van der Waals surface area contributed by atoms with Crippen LogP contribution in [0, 0.1) is 5.82 Å². The predicted molar refractivity (Wildman–Crippen MR) is 80.5 cm³/mol. The minimum Gasteiger partial charge on any atom is -0.298 e. The van der Waals surface area contributed by atoms with Crippen molar-refractivity contribution < 1.29 is 4.39 Å². The Morgan fingerprint density at radius 1 is 1.35 bits per heavy atom. The van der Waals surface area contributed by atoms with Crippen LogP contribution in [0.4, 0.5) is 4.39 Å². The summed E-state index contributed by atoms with van der Waals surface area (Å²) in [5.41, 5.74) is 1.11. The SMILES string of the molecule is CCC1CN2CCCC2CN1Cc1ccc(F)c(Cl)c1. The number of hydrogen-bond donors (Lipinski definition) is 0. The number of benzene rings is 1. The first-order valence-corrected chi connectivity index (χ1v) is 7.97. The molecule has 3 rings (SSSR count). The van der Waals surface area contributed by atoms with E-state index in [0.717, 1.165) is 25.1 Å². The molecule has 2 atom stereocenters. The smallest absolute Gasteiger partial charge is 0.141 e. The molecule has 1 aromatic rings. The van der Waals surface area contributed by atoms with Crippen molar-refractivity contribution >= 4 is 11.6 Å². The second-order valence-electron chi connectivity index (χ2n) is 6.03. The van der Waals surface area contributed by atoms with Gasteiger partial charge in [0, 0.05) is 31.7 Å². The van der Waals surface area contributed by atoms with Gasteiger partial charge in [-0.15, -0.1) is 0 Å². The van der Waals surface area contributed by atoms with Gasteiger partial charge >= 0.3 is 0 Å². The van der Waals surface area contributed by atoms with Gasteiger partial charge in [-0.25, -0.2) is 4.39 Å². The summed E-state index contributed by atoms with van der Waals surface area (Å²) in [6.07, 6.45) is 3.81. The number of fused-ring (bicyclic) bond motifs is 1. The monoisotopic (exact) mass is 296 g/mol. The number of halogens is 2. The van der Waals surface area contributed by atoms with Gasteiger partial charge in [0.2, 0.25) is 0 Å². The molecule has 0 spiro atoms. The Kier molecular flexibility index (Phi) is 4.29. The highest BCUT2D eigenvalue weighted by Gasteiger charge is 2.35. The van der Waals surface area contributed by atoms with Gasteiger partial charge in [-0.3, -0.25) is 9.80 Å². The molecule has 0 N–H and O–H groups in total. The van der Waals surface area contributed by atoms with E-state index in [0.29, 0.717) is 12.1 Å². The summed E-state index contributed by atoms with van der Waals surface area (Å²) in [6.45, 7) is 6.70.